The molecule has 1 saturated heterocycles. The van der Waals surface area contributed by atoms with Gasteiger partial charge in [-0.25, -0.2) is 9.97 Å². The van der Waals surface area contributed by atoms with Gasteiger partial charge in [0.2, 0.25) is 0 Å². The number of para-hydroxylation sites is 1. The third kappa shape index (κ3) is 3.22. The van der Waals surface area contributed by atoms with Crippen LogP contribution in [-0.4, -0.2) is 28.2 Å². The molecule has 1 N–H and O–H groups in total. The Balaban J connectivity index is 1.80. The minimum absolute atomic E-state index is 0.254. The highest BCUT2D eigenvalue weighted by Gasteiger charge is 2.27. The molecule has 0 unspecified atom stereocenters. The summed E-state index contributed by atoms with van der Waals surface area (Å²) in [5.74, 6) is 3.49. The number of benzene rings is 1. The zero-order valence-corrected chi connectivity index (χ0v) is 15.2. The molecular formula is C21H27N3O. The normalized spacial score (nSPS) is 21.2. The molecule has 0 radical (unpaired) electrons. The third-order valence-corrected chi connectivity index (χ3v) is 5.73. The highest BCUT2D eigenvalue weighted by Crippen LogP contribution is 2.35. The number of nitrogens with zero attached hydrogens (tertiary/aromatic N) is 3. The number of hydrogen-bond acceptors (Lipinski definition) is 4. The van der Waals surface area contributed by atoms with Crippen LogP contribution in [0.2, 0.25) is 0 Å². The van der Waals surface area contributed by atoms with Gasteiger partial charge >= 0.3 is 0 Å². The van der Waals surface area contributed by atoms with Crippen molar-refractivity contribution in [3.8, 4) is 17.1 Å². The number of aromatic nitrogens is 2. The molecule has 25 heavy (non-hydrogen) atoms. The largest absolute Gasteiger partial charge is 0.507 e. The second-order valence-corrected chi connectivity index (χ2v) is 7.83. The lowest BCUT2D eigenvalue weighted by molar-refractivity contribution is 0.433. The fourth-order valence-corrected chi connectivity index (χ4v) is 4.03. The van der Waals surface area contributed by atoms with Gasteiger partial charge in [-0.05, 0) is 56.1 Å². The Kier molecular flexibility index (Phi) is 4.36. The minimum atomic E-state index is 0.254. The Morgan fingerprint density at radius 1 is 1.00 bits per heavy atom. The molecule has 132 valence electrons. The van der Waals surface area contributed by atoms with Crippen molar-refractivity contribution in [2.45, 2.75) is 46.0 Å². The number of fused-ring (bicyclic) bond motifs is 1. The number of piperidine rings is 1. The van der Waals surface area contributed by atoms with E-state index >= 15 is 0 Å². The Labute approximate surface area is 149 Å². The molecule has 1 fully saturated rings. The molecule has 0 amide bonds. The number of phenolic OH excluding ortho intramolecular Hbond substituents is 1. The van der Waals surface area contributed by atoms with E-state index in [0.717, 1.165) is 43.2 Å². The van der Waals surface area contributed by atoms with E-state index in [1.807, 2.05) is 18.2 Å². The van der Waals surface area contributed by atoms with E-state index in [4.69, 9.17) is 9.97 Å². The van der Waals surface area contributed by atoms with Crippen LogP contribution < -0.4 is 4.90 Å². The van der Waals surface area contributed by atoms with Gasteiger partial charge in [0.1, 0.15) is 11.6 Å². The zero-order chi connectivity index (χ0) is 17.4. The molecule has 1 aliphatic heterocycles. The molecule has 1 atom stereocenters. The first-order valence-electron chi connectivity index (χ1n) is 9.55. The number of hydrogen-bond donors (Lipinski definition) is 1. The SMILES string of the molecule is CC1CCN(c2nc(-c3ccccc3O)nc3c2CC[C@@H](C)C3)CC1. The number of rotatable bonds is 2. The van der Waals surface area contributed by atoms with Gasteiger partial charge in [-0.3, -0.25) is 0 Å². The molecule has 0 saturated carbocycles. The highest BCUT2D eigenvalue weighted by atomic mass is 16.3. The average Bonchev–Trinajstić information content (AvgIpc) is 2.61. The third-order valence-electron chi connectivity index (χ3n) is 5.73. The number of aromatic hydroxyl groups is 1. The number of phenols is 1. The molecule has 2 aliphatic rings. The van der Waals surface area contributed by atoms with Crippen molar-refractivity contribution in [3.05, 3.63) is 35.5 Å². The molecule has 2 aromatic rings. The van der Waals surface area contributed by atoms with Crippen molar-refractivity contribution in [1.82, 2.24) is 9.97 Å². The Hall–Kier alpha value is -2.10. The summed E-state index contributed by atoms with van der Waals surface area (Å²) in [4.78, 5) is 12.3. The van der Waals surface area contributed by atoms with Gasteiger partial charge < -0.3 is 10.0 Å². The smallest absolute Gasteiger partial charge is 0.165 e. The van der Waals surface area contributed by atoms with Gasteiger partial charge in [0.25, 0.3) is 0 Å². The maximum Gasteiger partial charge on any atom is 0.165 e. The minimum Gasteiger partial charge on any atom is -0.507 e. The summed E-state index contributed by atoms with van der Waals surface area (Å²) in [5.41, 5.74) is 3.25. The van der Waals surface area contributed by atoms with E-state index in [1.165, 1.54) is 30.5 Å². The van der Waals surface area contributed by atoms with Crippen LogP contribution in [0.1, 0.15) is 44.4 Å². The molecule has 1 aliphatic carbocycles. The second-order valence-electron chi connectivity index (χ2n) is 7.83. The maximum atomic E-state index is 10.3. The van der Waals surface area contributed by atoms with Crippen molar-refractivity contribution in [1.29, 1.82) is 0 Å². The van der Waals surface area contributed by atoms with Crippen LogP contribution in [0.15, 0.2) is 24.3 Å². The molecule has 0 spiro atoms. The fraction of sp³-hybridized carbons (Fsp3) is 0.524. The van der Waals surface area contributed by atoms with E-state index in [1.54, 1.807) is 6.07 Å². The van der Waals surface area contributed by atoms with E-state index in [0.29, 0.717) is 11.7 Å². The lowest BCUT2D eigenvalue weighted by atomic mass is 9.87. The highest BCUT2D eigenvalue weighted by molar-refractivity contribution is 5.66. The van der Waals surface area contributed by atoms with Crippen molar-refractivity contribution in [2.75, 3.05) is 18.0 Å². The predicted octanol–water partition coefficient (Wildman–Crippen LogP) is 4.21. The second kappa shape index (κ2) is 6.66. The van der Waals surface area contributed by atoms with Crippen molar-refractivity contribution < 1.29 is 5.11 Å². The zero-order valence-electron chi connectivity index (χ0n) is 15.2. The molecular weight excluding hydrogens is 310 g/mol. The van der Waals surface area contributed by atoms with Crippen LogP contribution in [-0.2, 0) is 12.8 Å². The molecule has 1 aromatic carbocycles. The molecule has 4 nitrogen and oxygen atoms in total. The van der Waals surface area contributed by atoms with Gasteiger partial charge in [0.15, 0.2) is 5.82 Å². The summed E-state index contributed by atoms with van der Waals surface area (Å²) in [7, 11) is 0. The molecule has 2 heterocycles. The van der Waals surface area contributed by atoms with E-state index in [-0.39, 0.29) is 5.75 Å². The first-order valence-corrected chi connectivity index (χ1v) is 9.55. The quantitative estimate of drug-likeness (QED) is 0.892. The van der Waals surface area contributed by atoms with Crippen molar-refractivity contribution >= 4 is 5.82 Å². The molecule has 4 rings (SSSR count). The number of anilines is 1. The van der Waals surface area contributed by atoms with Gasteiger partial charge in [-0.1, -0.05) is 26.0 Å². The van der Waals surface area contributed by atoms with E-state index in [9.17, 15) is 5.11 Å². The van der Waals surface area contributed by atoms with Gasteiger partial charge in [-0.2, -0.15) is 0 Å². The van der Waals surface area contributed by atoms with Crippen LogP contribution in [0.5, 0.6) is 5.75 Å². The van der Waals surface area contributed by atoms with Crippen LogP contribution in [0.25, 0.3) is 11.4 Å². The lowest BCUT2D eigenvalue weighted by Crippen LogP contribution is -2.35. The van der Waals surface area contributed by atoms with E-state index < -0.39 is 0 Å². The summed E-state index contributed by atoms with van der Waals surface area (Å²) in [6, 6.07) is 7.39. The van der Waals surface area contributed by atoms with Crippen molar-refractivity contribution in [3.63, 3.8) is 0 Å². The average molecular weight is 337 g/mol. The monoisotopic (exact) mass is 337 g/mol. The van der Waals surface area contributed by atoms with Crippen LogP contribution in [0, 0.1) is 11.8 Å². The van der Waals surface area contributed by atoms with Gasteiger partial charge in [0, 0.05) is 18.7 Å². The molecule has 4 heteroatoms. The molecule has 1 aromatic heterocycles. The Morgan fingerprint density at radius 3 is 2.52 bits per heavy atom. The predicted molar refractivity (Wildman–Crippen MR) is 101 cm³/mol. The van der Waals surface area contributed by atoms with E-state index in [2.05, 4.69) is 18.7 Å². The summed E-state index contributed by atoms with van der Waals surface area (Å²) in [6.07, 6.45) is 5.74. The first-order chi connectivity index (χ1) is 12.1. The topological polar surface area (TPSA) is 49.2 Å². The summed E-state index contributed by atoms with van der Waals surface area (Å²) in [5, 5.41) is 10.3. The summed E-state index contributed by atoms with van der Waals surface area (Å²) >= 11 is 0. The Bertz CT molecular complexity index is 766. The summed E-state index contributed by atoms with van der Waals surface area (Å²) in [6.45, 7) is 6.77. The van der Waals surface area contributed by atoms with Gasteiger partial charge in [0.05, 0.1) is 11.3 Å². The fourth-order valence-electron chi connectivity index (χ4n) is 4.03. The van der Waals surface area contributed by atoms with Crippen LogP contribution >= 0.6 is 0 Å². The molecule has 0 bridgehead atoms. The van der Waals surface area contributed by atoms with Crippen LogP contribution in [0.3, 0.4) is 0 Å². The summed E-state index contributed by atoms with van der Waals surface area (Å²) < 4.78 is 0. The van der Waals surface area contributed by atoms with Gasteiger partial charge in [-0.15, -0.1) is 0 Å². The Morgan fingerprint density at radius 2 is 1.76 bits per heavy atom. The maximum absolute atomic E-state index is 10.3. The van der Waals surface area contributed by atoms with Crippen LogP contribution in [0.4, 0.5) is 5.82 Å². The van der Waals surface area contributed by atoms with Crippen molar-refractivity contribution in [2.24, 2.45) is 11.8 Å². The standard InChI is InChI=1S/C21H27N3O/c1-14-9-11-24(12-10-14)21-16-8-7-15(2)13-18(16)22-20(23-21)17-5-3-4-6-19(17)25/h3-6,14-15,25H,7-13H2,1-2H3/t15-/m1/s1. The first kappa shape index (κ1) is 16.4. The lowest BCUT2D eigenvalue weighted by Gasteiger charge is -2.34.